The zero-order valence-corrected chi connectivity index (χ0v) is 20.5. The first-order valence-corrected chi connectivity index (χ1v) is 13.0. The van der Waals surface area contributed by atoms with Crippen molar-refractivity contribution in [3.8, 4) is 0 Å². The van der Waals surface area contributed by atoms with Crippen molar-refractivity contribution in [2.45, 2.75) is 38.6 Å². The van der Waals surface area contributed by atoms with Crippen LogP contribution in [0.15, 0.2) is 44.8 Å². The Kier molecular flexibility index (Phi) is 7.35. The quantitative estimate of drug-likeness (QED) is 0.420. The molecule has 0 saturated heterocycles. The molecule has 28 heavy (non-hydrogen) atoms. The van der Waals surface area contributed by atoms with Crippen LogP contribution in [0.3, 0.4) is 0 Å². The van der Waals surface area contributed by atoms with E-state index in [-0.39, 0.29) is 11.7 Å². The number of rotatable bonds is 3. The fourth-order valence-corrected chi connectivity index (χ4v) is 5.18. The number of carbonyl (C=O) groups excluding carboxylic acids is 1. The van der Waals surface area contributed by atoms with Gasteiger partial charge in [-0.15, -0.1) is 0 Å². The van der Waals surface area contributed by atoms with Crippen LogP contribution >= 0.6 is 23.4 Å². The van der Waals surface area contributed by atoms with Crippen LogP contribution in [0.1, 0.15) is 38.3 Å². The van der Waals surface area contributed by atoms with Crippen molar-refractivity contribution in [1.29, 1.82) is 0 Å². The van der Waals surface area contributed by atoms with Gasteiger partial charge in [0, 0.05) is 0 Å². The van der Waals surface area contributed by atoms with Crippen LogP contribution < -0.4 is 4.90 Å². The summed E-state index contributed by atoms with van der Waals surface area (Å²) < 4.78 is 19.5. The van der Waals surface area contributed by atoms with E-state index in [2.05, 4.69) is 24.3 Å². The van der Waals surface area contributed by atoms with Crippen LogP contribution in [0.5, 0.6) is 0 Å². The van der Waals surface area contributed by atoms with Crippen LogP contribution in [0.4, 0.5) is 10.1 Å². The van der Waals surface area contributed by atoms with Gasteiger partial charge in [0.15, 0.2) is 0 Å². The monoisotopic (exact) mass is 587 g/mol. The molecule has 1 amide bonds. The number of amides is 1. The maximum atomic E-state index is 14.3. The van der Waals surface area contributed by atoms with Gasteiger partial charge in [0.25, 0.3) is 0 Å². The second kappa shape index (κ2) is 9.56. The molecular formula is C21H21ClFN2OSW-. The van der Waals surface area contributed by atoms with Crippen LogP contribution in [0.25, 0.3) is 0 Å². The molecule has 0 unspecified atom stereocenters. The maximum absolute atomic E-state index is 14.3. The minimum atomic E-state index is -0.819. The normalized spacial score (nSPS) is 15.1. The second-order valence-electron chi connectivity index (χ2n) is 6.99. The molecule has 0 aromatic heterocycles. The number of nitrogens with zero attached hydrogens (tertiary/aromatic N) is 2. The molecular weight excluding hydrogens is 567 g/mol. The molecule has 0 saturated carbocycles. The molecule has 0 fully saturated rings. The van der Waals surface area contributed by atoms with Gasteiger partial charge in [0.2, 0.25) is 0 Å². The van der Waals surface area contributed by atoms with Crippen molar-refractivity contribution in [3.63, 3.8) is 0 Å². The Labute approximate surface area is 182 Å². The van der Waals surface area contributed by atoms with E-state index in [1.165, 1.54) is 17.7 Å². The molecule has 0 N–H and O–H groups in total. The molecule has 2 aromatic carbocycles. The third-order valence-electron chi connectivity index (χ3n) is 3.88. The Morgan fingerprint density at radius 3 is 2.50 bits per heavy atom. The van der Waals surface area contributed by atoms with Crippen LogP contribution in [-0.4, -0.2) is 15.7 Å². The summed E-state index contributed by atoms with van der Waals surface area (Å²) in [4.78, 5) is 15.2. The summed E-state index contributed by atoms with van der Waals surface area (Å²) in [5.74, 6) is 1.92. The number of hydrogen-bond donors (Lipinski definition) is 0. The predicted octanol–water partition coefficient (Wildman–Crippen LogP) is 5.89. The van der Waals surface area contributed by atoms with Crippen molar-refractivity contribution >= 4 is 39.0 Å². The van der Waals surface area contributed by atoms with Gasteiger partial charge in [-0.2, -0.15) is 20.8 Å². The molecule has 2 aliphatic rings. The fourth-order valence-electron chi connectivity index (χ4n) is 2.62. The zero-order chi connectivity index (χ0) is 20.3. The summed E-state index contributed by atoms with van der Waals surface area (Å²) in [6.07, 6.45) is 0.446. The molecule has 4 rings (SSSR count). The SMILES string of the molecule is C[C-](C)C.O=C1CCSc2cc(F)c([C]3=[W]=[N]3)cc2N1Cc1ccc(Cl)cc1. The summed E-state index contributed by atoms with van der Waals surface area (Å²) >= 11 is 6.65. The van der Waals surface area contributed by atoms with Gasteiger partial charge in [0.05, 0.1) is 0 Å². The average molecular weight is 588 g/mol. The van der Waals surface area contributed by atoms with Crippen LogP contribution in [-0.2, 0) is 29.3 Å². The Balaban J connectivity index is 0.000000516. The van der Waals surface area contributed by atoms with Gasteiger partial charge in [0.1, 0.15) is 0 Å². The molecule has 0 aliphatic carbocycles. The number of anilines is 1. The zero-order valence-electron chi connectivity index (χ0n) is 16.0. The molecule has 0 spiro atoms. The second-order valence-corrected chi connectivity index (χ2v) is 11.3. The summed E-state index contributed by atoms with van der Waals surface area (Å²) in [5, 5.41) is 0.666. The molecule has 3 nitrogen and oxygen atoms in total. The summed E-state index contributed by atoms with van der Waals surface area (Å²) in [7, 11) is 0. The van der Waals surface area contributed by atoms with Gasteiger partial charge in [-0.3, -0.25) is 0 Å². The topological polar surface area (TPSA) is 32.7 Å². The van der Waals surface area contributed by atoms with Gasteiger partial charge >= 0.3 is 156 Å². The number of fused-ring (bicyclic) bond motifs is 1. The standard InChI is InChI=1S/C17H12ClFN2OS.C4H9.W/c18-13-3-1-11(2-4-13)10-21-15-7-12(9-20)14(19)8-16(15)23-6-5-17(21)22;1-4(2)3;/h1-4,7-8H,5-6,10H2;1-3H3;/q;-1;. The molecule has 7 heteroatoms. The van der Waals surface area contributed by atoms with Crippen LogP contribution in [0.2, 0.25) is 5.02 Å². The molecule has 2 aromatic rings. The number of halogens is 2. The minimum absolute atomic E-state index is 0.0613. The molecule has 148 valence electrons. The van der Waals surface area contributed by atoms with E-state index in [0.29, 0.717) is 29.3 Å². The van der Waals surface area contributed by atoms with Crippen LogP contribution in [0, 0.1) is 11.7 Å². The van der Waals surface area contributed by atoms with Gasteiger partial charge in [-0.05, 0) is 0 Å². The van der Waals surface area contributed by atoms with Crippen molar-refractivity contribution in [3.05, 3.63) is 64.3 Å². The van der Waals surface area contributed by atoms with E-state index in [1.54, 1.807) is 11.0 Å². The molecule has 2 aliphatic heterocycles. The molecule has 2 heterocycles. The van der Waals surface area contributed by atoms with Crippen molar-refractivity contribution < 1.29 is 27.1 Å². The van der Waals surface area contributed by atoms with E-state index in [1.807, 2.05) is 30.3 Å². The number of thioether (sulfide) groups is 1. The predicted molar refractivity (Wildman–Crippen MR) is 111 cm³/mol. The van der Waals surface area contributed by atoms with E-state index in [9.17, 15) is 9.18 Å². The molecule has 0 bridgehead atoms. The van der Waals surface area contributed by atoms with E-state index >= 15 is 0 Å². The average Bonchev–Trinajstić information content (AvgIpc) is 3.46. The van der Waals surface area contributed by atoms with E-state index in [0.717, 1.165) is 20.2 Å². The number of hydrogen-bond acceptors (Lipinski definition) is 3. The first-order chi connectivity index (χ1) is 13.3. The summed E-state index contributed by atoms with van der Waals surface area (Å²) in [6.45, 7) is 6.71. The molecule has 0 radical (unpaired) electrons. The summed E-state index contributed by atoms with van der Waals surface area (Å²) in [6, 6.07) is 10.8. The van der Waals surface area contributed by atoms with Gasteiger partial charge in [-0.1, -0.05) is 0 Å². The third kappa shape index (κ3) is 5.68. The molecule has 0 atom stereocenters. The number of benzene rings is 2. The Hall–Kier alpha value is -1.16. The third-order valence-corrected chi connectivity index (χ3v) is 7.28. The van der Waals surface area contributed by atoms with Gasteiger partial charge in [-0.25, -0.2) is 0 Å². The summed E-state index contributed by atoms with van der Waals surface area (Å²) in [5.41, 5.74) is 2.37. The van der Waals surface area contributed by atoms with Gasteiger partial charge < -0.3 is 5.92 Å². The van der Waals surface area contributed by atoms with Crippen molar-refractivity contribution in [1.82, 2.24) is 0 Å². The number of carbonyl (C=O) groups is 1. The first-order valence-electron chi connectivity index (χ1n) is 8.88. The Morgan fingerprint density at radius 2 is 1.89 bits per heavy atom. The van der Waals surface area contributed by atoms with Crippen molar-refractivity contribution in [2.75, 3.05) is 10.7 Å². The van der Waals surface area contributed by atoms with E-state index < -0.39 is 17.9 Å². The van der Waals surface area contributed by atoms with E-state index in [4.69, 9.17) is 11.6 Å². The van der Waals surface area contributed by atoms with Crippen molar-refractivity contribution in [2.24, 2.45) is 3.50 Å². The fraction of sp³-hybridized carbons (Fsp3) is 0.286. The first kappa shape index (κ1) is 21.5. The Morgan fingerprint density at radius 1 is 1.25 bits per heavy atom. The Bertz CT molecular complexity index is 953.